The second-order valence-electron chi connectivity index (χ2n) is 9.15. The number of aryl methyl sites for hydroxylation is 1. The molecule has 0 bridgehead atoms. The van der Waals surface area contributed by atoms with E-state index in [1.165, 1.54) is 24.2 Å². The molecule has 2 aromatic heterocycles. The van der Waals surface area contributed by atoms with Crippen molar-refractivity contribution in [2.24, 2.45) is 0 Å². The zero-order chi connectivity index (χ0) is 27.6. The zero-order valence-corrected chi connectivity index (χ0v) is 23.2. The summed E-state index contributed by atoms with van der Waals surface area (Å²) in [7, 11) is -0.255. The molecule has 5 aromatic rings. The highest BCUT2D eigenvalue weighted by Gasteiger charge is 2.23. The Labute approximate surface area is 230 Å². The number of rotatable bonds is 8. The Kier molecular flexibility index (Phi) is 7.36. The fourth-order valence-electron chi connectivity index (χ4n) is 4.04. The highest BCUT2D eigenvalue weighted by molar-refractivity contribution is 7.98. The number of thioether (sulfide) groups is 1. The van der Waals surface area contributed by atoms with Crippen LogP contribution in [0.3, 0.4) is 0 Å². The van der Waals surface area contributed by atoms with Gasteiger partial charge in [-0.15, -0.1) is 11.8 Å². The molecular weight excluding hydrogens is 532 g/mol. The third kappa shape index (κ3) is 5.64. The lowest BCUT2D eigenvalue weighted by atomic mass is 10.1. The van der Waals surface area contributed by atoms with Gasteiger partial charge in [-0.05, 0) is 55.0 Å². The van der Waals surface area contributed by atoms with Crippen LogP contribution in [0.15, 0.2) is 94.1 Å². The molecule has 0 unspecified atom stereocenters. The summed E-state index contributed by atoms with van der Waals surface area (Å²) in [6.45, 7) is 1.90. The van der Waals surface area contributed by atoms with E-state index in [2.05, 4.69) is 25.5 Å². The van der Waals surface area contributed by atoms with Crippen molar-refractivity contribution in [2.75, 3.05) is 24.3 Å². The van der Waals surface area contributed by atoms with Crippen LogP contribution < -0.4 is 10.2 Å². The number of fused-ring (bicyclic) bond motifs is 1. The molecule has 0 saturated heterocycles. The number of nitrogens with one attached hydrogen (secondary N) is 2. The Hall–Kier alpha value is -4.22. The number of carbonyl (C=O) groups is 1. The first-order valence-electron chi connectivity index (χ1n) is 12.0. The molecule has 0 aliphatic heterocycles. The lowest BCUT2D eigenvalue weighted by Crippen LogP contribution is -2.16. The highest BCUT2D eigenvalue weighted by Crippen LogP contribution is 2.32. The summed E-state index contributed by atoms with van der Waals surface area (Å²) in [6, 6.07) is 18.9. The summed E-state index contributed by atoms with van der Waals surface area (Å²) in [6.07, 6.45) is 3.18. The number of hydrogen-bond acceptors (Lipinski definition) is 8. The summed E-state index contributed by atoms with van der Waals surface area (Å²) in [5, 5.41) is 11.3. The summed E-state index contributed by atoms with van der Waals surface area (Å²) in [4.78, 5) is 23.7. The first kappa shape index (κ1) is 26.4. The van der Waals surface area contributed by atoms with Crippen molar-refractivity contribution < 1.29 is 13.2 Å². The van der Waals surface area contributed by atoms with E-state index in [0.29, 0.717) is 28.3 Å². The Morgan fingerprint density at radius 2 is 1.82 bits per heavy atom. The number of benzene rings is 3. The molecule has 0 aliphatic carbocycles. The van der Waals surface area contributed by atoms with E-state index in [-0.39, 0.29) is 15.7 Å². The average molecular weight is 559 g/mol. The van der Waals surface area contributed by atoms with Crippen LogP contribution >= 0.6 is 11.8 Å². The van der Waals surface area contributed by atoms with E-state index in [0.717, 1.165) is 21.5 Å². The Bertz CT molecular complexity index is 1770. The molecule has 5 rings (SSSR count). The van der Waals surface area contributed by atoms with E-state index in [4.69, 9.17) is 0 Å². The van der Waals surface area contributed by atoms with Gasteiger partial charge < -0.3 is 10.2 Å². The molecule has 0 fully saturated rings. The second-order valence-corrected chi connectivity index (χ2v) is 12.0. The lowest BCUT2D eigenvalue weighted by Gasteiger charge is -2.19. The first-order chi connectivity index (χ1) is 18.7. The molecule has 11 heteroatoms. The summed E-state index contributed by atoms with van der Waals surface area (Å²) < 4.78 is 27.0. The molecule has 1 amide bonds. The van der Waals surface area contributed by atoms with Crippen molar-refractivity contribution >= 4 is 49.9 Å². The molecule has 0 aliphatic rings. The number of hydrogen-bond donors (Lipinski definition) is 2. The molecule has 3 aromatic carbocycles. The Morgan fingerprint density at radius 1 is 1.03 bits per heavy atom. The summed E-state index contributed by atoms with van der Waals surface area (Å²) in [5.74, 6) is 0.256. The minimum Gasteiger partial charge on any atom is -0.377 e. The maximum Gasteiger partial charge on any atom is 0.255 e. The molecule has 0 atom stereocenters. The van der Waals surface area contributed by atoms with Crippen molar-refractivity contribution in [3.63, 3.8) is 0 Å². The predicted molar refractivity (Wildman–Crippen MR) is 153 cm³/mol. The van der Waals surface area contributed by atoms with E-state index in [1.807, 2.05) is 25.1 Å². The summed E-state index contributed by atoms with van der Waals surface area (Å²) >= 11 is 1.53. The van der Waals surface area contributed by atoms with Crippen LogP contribution in [0.2, 0.25) is 0 Å². The molecular formula is C28H26N6O3S2. The van der Waals surface area contributed by atoms with Crippen LogP contribution in [-0.4, -0.2) is 48.6 Å². The smallest absolute Gasteiger partial charge is 0.255 e. The van der Waals surface area contributed by atoms with Gasteiger partial charge in [0.2, 0.25) is 9.84 Å². The number of anilines is 2. The number of aromatic nitrogens is 4. The number of carbonyl (C=O) groups excluding carboxylic acids is 1. The van der Waals surface area contributed by atoms with Crippen LogP contribution in [0.4, 0.5) is 11.4 Å². The van der Waals surface area contributed by atoms with Crippen molar-refractivity contribution in [2.45, 2.75) is 27.5 Å². The zero-order valence-electron chi connectivity index (χ0n) is 21.5. The number of nitrogens with zero attached hydrogens (tertiary/aromatic N) is 4. The van der Waals surface area contributed by atoms with Gasteiger partial charge in [0.15, 0.2) is 5.65 Å². The van der Waals surface area contributed by atoms with Gasteiger partial charge >= 0.3 is 0 Å². The van der Waals surface area contributed by atoms with Gasteiger partial charge in [-0.1, -0.05) is 29.8 Å². The standard InChI is InChI=1S/C28H26N6O3S2/c1-18-7-10-22(11-8-18)39(36,37)25-14-21(9-12-24(25)34(2)3)32-27(35)20-6-4-5-19(13-20)16-38-28-23-15-31-33-26(23)29-17-30-28/h4-15,17H,16H2,1-3H3,(H,32,35)(H,29,30,31,33). The van der Waals surface area contributed by atoms with E-state index in [1.54, 1.807) is 67.7 Å². The van der Waals surface area contributed by atoms with Gasteiger partial charge in [-0.2, -0.15) is 5.10 Å². The molecule has 2 heterocycles. The summed E-state index contributed by atoms with van der Waals surface area (Å²) in [5.41, 5.74) is 3.96. The molecule has 9 nitrogen and oxygen atoms in total. The van der Waals surface area contributed by atoms with Gasteiger partial charge in [0, 0.05) is 31.1 Å². The molecule has 0 spiro atoms. The van der Waals surface area contributed by atoms with Gasteiger partial charge in [0.05, 0.1) is 27.1 Å². The third-order valence-electron chi connectivity index (χ3n) is 6.10. The Morgan fingerprint density at radius 3 is 2.59 bits per heavy atom. The van der Waals surface area contributed by atoms with Gasteiger partial charge in [0.1, 0.15) is 11.4 Å². The van der Waals surface area contributed by atoms with Gasteiger partial charge in [-0.25, -0.2) is 18.4 Å². The second kappa shape index (κ2) is 10.9. The fourth-order valence-corrected chi connectivity index (χ4v) is 6.50. The van der Waals surface area contributed by atoms with Crippen molar-refractivity contribution in [1.29, 1.82) is 0 Å². The Balaban J connectivity index is 1.37. The molecule has 2 N–H and O–H groups in total. The maximum atomic E-state index is 13.5. The van der Waals surface area contributed by atoms with Crippen molar-refractivity contribution in [3.05, 3.63) is 95.9 Å². The number of H-pyrrole nitrogens is 1. The number of amides is 1. The SMILES string of the molecule is Cc1ccc(S(=O)(=O)c2cc(NC(=O)c3cccc(CSc4ncnc5[nH]ncc45)c3)ccc2N(C)C)cc1. The molecule has 0 radical (unpaired) electrons. The normalized spacial score (nSPS) is 11.5. The van der Waals surface area contributed by atoms with Crippen LogP contribution in [-0.2, 0) is 15.6 Å². The minimum absolute atomic E-state index is 0.120. The third-order valence-corrected chi connectivity index (χ3v) is 8.97. The van der Waals surface area contributed by atoms with Crippen LogP contribution in [0, 0.1) is 6.92 Å². The topological polar surface area (TPSA) is 121 Å². The van der Waals surface area contributed by atoms with Crippen molar-refractivity contribution in [3.8, 4) is 0 Å². The first-order valence-corrected chi connectivity index (χ1v) is 14.5. The number of sulfone groups is 1. The predicted octanol–water partition coefficient (Wildman–Crippen LogP) is 5.10. The largest absolute Gasteiger partial charge is 0.377 e. The molecule has 198 valence electrons. The highest BCUT2D eigenvalue weighted by atomic mass is 32.2. The van der Waals surface area contributed by atoms with Gasteiger partial charge in [0.25, 0.3) is 5.91 Å². The van der Waals surface area contributed by atoms with Crippen molar-refractivity contribution in [1.82, 2.24) is 20.2 Å². The van der Waals surface area contributed by atoms with Crippen LogP contribution in [0.25, 0.3) is 11.0 Å². The average Bonchev–Trinajstić information content (AvgIpc) is 3.42. The fraction of sp³-hybridized carbons (Fsp3) is 0.143. The molecule has 0 saturated carbocycles. The van der Waals surface area contributed by atoms with Crippen LogP contribution in [0.1, 0.15) is 21.5 Å². The quantitative estimate of drug-likeness (QED) is 0.199. The lowest BCUT2D eigenvalue weighted by molar-refractivity contribution is 0.102. The monoisotopic (exact) mass is 558 g/mol. The maximum absolute atomic E-state index is 13.5. The minimum atomic E-state index is -3.82. The number of aromatic amines is 1. The van der Waals surface area contributed by atoms with E-state index >= 15 is 0 Å². The van der Waals surface area contributed by atoms with E-state index in [9.17, 15) is 13.2 Å². The van der Waals surface area contributed by atoms with E-state index < -0.39 is 9.84 Å². The molecule has 39 heavy (non-hydrogen) atoms. The van der Waals surface area contributed by atoms with Crippen LogP contribution in [0.5, 0.6) is 0 Å². The van der Waals surface area contributed by atoms with Gasteiger partial charge in [-0.3, -0.25) is 9.89 Å².